The minimum Gasteiger partial charge on any atom is -0.395 e. The summed E-state index contributed by atoms with van der Waals surface area (Å²) < 4.78 is 0. The van der Waals surface area contributed by atoms with E-state index in [-0.39, 0.29) is 18.6 Å². The number of nitrogens with zero attached hydrogens (tertiary/aromatic N) is 2. The van der Waals surface area contributed by atoms with Crippen molar-refractivity contribution in [1.29, 1.82) is 0 Å². The van der Waals surface area contributed by atoms with Crippen molar-refractivity contribution in [3.8, 4) is 0 Å². The lowest BCUT2D eigenvalue weighted by Gasteiger charge is -2.40. The minimum absolute atomic E-state index is 0.178. The molecular formula is C16H30N2O2. The van der Waals surface area contributed by atoms with Gasteiger partial charge in [0, 0.05) is 18.1 Å². The van der Waals surface area contributed by atoms with E-state index in [1.165, 1.54) is 19.3 Å². The van der Waals surface area contributed by atoms with Gasteiger partial charge in [0.15, 0.2) is 0 Å². The molecule has 116 valence electrons. The molecule has 2 saturated heterocycles. The highest BCUT2D eigenvalue weighted by molar-refractivity contribution is 5.79. The molecule has 0 aromatic heterocycles. The highest BCUT2D eigenvalue weighted by atomic mass is 16.3. The van der Waals surface area contributed by atoms with Crippen molar-refractivity contribution in [3.63, 3.8) is 0 Å². The first-order chi connectivity index (χ1) is 9.63. The van der Waals surface area contributed by atoms with Crippen LogP contribution >= 0.6 is 0 Å². The smallest absolute Gasteiger partial charge is 0.237 e. The Balaban J connectivity index is 1.97. The summed E-state index contributed by atoms with van der Waals surface area (Å²) in [5.74, 6) is 0.255. The number of aliphatic hydroxyl groups excluding tert-OH is 1. The second-order valence-electron chi connectivity index (χ2n) is 6.59. The molecule has 2 heterocycles. The maximum atomic E-state index is 12.7. The standard InChI is InChI=1S/C16H30N2O2/c1-13-7-6-8-14(2)18(13)16(20)11-17-10-5-3-4-9-15(17)12-19/h13-15,19H,3-12H2,1-2H3. The molecule has 0 aliphatic carbocycles. The van der Waals surface area contributed by atoms with Gasteiger partial charge in [0.05, 0.1) is 13.2 Å². The van der Waals surface area contributed by atoms with Crippen LogP contribution in [0.3, 0.4) is 0 Å². The van der Waals surface area contributed by atoms with Gasteiger partial charge in [-0.2, -0.15) is 0 Å². The lowest BCUT2D eigenvalue weighted by molar-refractivity contribution is -0.139. The average Bonchev–Trinajstić information content (AvgIpc) is 2.63. The molecule has 20 heavy (non-hydrogen) atoms. The quantitative estimate of drug-likeness (QED) is 0.861. The number of likely N-dealkylation sites (tertiary alicyclic amines) is 2. The predicted molar refractivity (Wildman–Crippen MR) is 80.5 cm³/mol. The summed E-state index contributed by atoms with van der Waals surface area (Å²) in [5.41, 5.74) is 0. The Labute approximate surface area is 123 Å². The van der Waals surface area contributed by atoms with E-state index in [1.54, 1.807) is 0 Å². The van der Waals surface area contributed by atoms with Crippen molar-refractivity contribution in [2.24, 2.45) is 0 Å². The second kappa shape index (κ2) is 7.41. The summed E-state index contributed by atoms with van der Waals surface area (Å²) in [7, 11) is 0. The molecular weight excluding hydrogens is 252 g/mol. The molecule has 0 bridgehead atoms. The Morgan fingerprint density at radius 3 is 2.40 bits per heavy atom. The lowest BCUT2D eigenvalue weighted by atomic mass is 9.97. The van der Waals surface area contributed by atoms with Crippen LogP contribution in [0.2, 0.25) is 0 Å². The summed E-state index contributed by atoms with van der Waals surface area (Å²) in [6, 6.07) is 0.911. The average molecular weight is 282 g/mol. The number of carbonyl (C=O) groups excluding carboxylic acids is 1. The molecule has 2 aliphatic heterocycles. The van der Waals surface area contributed by atoms with Crippen LogP contribution in [0.5, 0.6) is 0 Å². The molecule has 0 aromatic rings. The van der Waals surface area contributed by atoms with Gasteiger partial charge in [0.1, 0.15) is 0 Å². The van der Waals surface area contributed by atoms with Gasteiger partial charge in [-0.15, -0.1) is 0 Å². The number of hydrogen-bond donors (Lipinski definition) is 1. The van der Waals surface area contributed by atoms with Crippen molar-refractivity contribution >= 4 is 5.91 Å². The molecule has 0 aromatic carbocycles. The Bertz CT molecular complexity index is 312. The molecule has 0 spiro atoms. The molecule has 4 heteroatoms. The zero-order valence-corrected chi connectivity index (χ0v) is 13.1. The zero-order chi connectivity index (χ0) is 14.5. The molecule has 2 rings (SSSR count). The van der Waals surface area contributed by atoms with Crippen LogP contribution in [0.1, 0.15) is 58.8 Å². The maximum Gasteiger partial charge on any atom is 0.237 e. The van der Waals surface area contributed by atoms with E-state index in [9.17, 15) is 9.90 Å². The largest absolute Gasteiger partial charge is 0.395 e. The number of piperidine rings is 1. The van der Waals surface area contributed by atoms with Crippen LogP contribution in [0, 0.1) is 0 Å². The number of hydrogen-bond acceptors (Lipinski definition) is 3. The molecule has 1 N–H and O–H groups in total. The molecule has 1 amide bonds. The number of rotatable bonds is 3. The molecule has 2 aliphatic rings. The van der Waals surface area contributed by atoms with Gasteiger partial charge in [-0.05, 0) is 52.5 Å². The third-order valence-electron chi connectivity index (χ3n) is 5.03. The monoisotopic (exact) mass is 282 g/mol. The van der Waals surface area contributed by atoms with Crippen LogP contribution < -0.4 is 0 Å². The van der Waals surface area contributed by atoms with Crippen LogP contribution in [-0.2, 0) is 4.79 Å². The van der Waals surface area contributed by atoms with E-state index in [0.29, 0.717) is 18.6 Å². The first-order valence-electron chi connectivity index (χ1n) is 8.29. The number of carbonyl (C=O) groups is 1. The highest BCUT2D eigenvalue weighted by Crippen LogP contribution is 2.23. The van der Waals surface area contributed by atoms with Crippen molar-refractivity contribution in [1.82, 2.24) is 9.80 Å². The normalized spacial score (nSPS) is 33.0. The molecule has 0 radical (unpaired) electrons. The summed E-state index contributed by atoms with van der Waals surface area (Å²) >= 11 is 0. The van der Waals surface area contributed by atoms with Crippen molar-refractivity contribution in [3.05, 3.63) is 0 Å². The van der Waals surface area contributed by atoms with E-state index >= 15 is 0 Å². The van der Waals surface area contributed by atoms with E-state index < -0.39 is 0 Å². The highest BCUT2D eigenvalue weighted by Gasteiger charge is 2.31. The first kappa shape index (κ1) is 15.8. The Hall–Kier alpha value is -0.610. The Morgan fingerprint density at radius 2 is 1.75 bits per heavy atom. The summed E-state index contributed by atoms with van der Waals surface area (Å²) in [5, 5.41) is 9.55. The fourth-order valence-corrected chi connectivity index (χ4v) is 3.82. The van der Waals surface area contributed by atoms with E-state index in [4.69, 9.17) is 0 Å². The third-order valence-corrected chi connectivity index (χ3v) is 5.03. The van der Waals surface area contributed by atoms with Crippen LogP contribution in [0.25, 0.3) is 0 Å². The van der Waals surface area contributed by atoms with Crippen LogP contribution in [0.15, 0.2) is 0 Å². The maximum absolute atomic E-state index is 12.7. The molecule has 0 saturated carbocycles. The fourth-order valence-electron chi connectivity index (χ4n) is 3.82. The van der Waals surface area contributed by atoms with Gasteiger partial charge in [-0.1, -0.05) is 12.8 Å². The minimum atomic E-state index is 0.178. The molecule has 3 atom stereocenters. The van der Waals surface area contributed by atoms with E-state index in [0.717, 1.165) is 32.2 Å². The Morgan fingerprint density at radius 1 is 1.05 bits per heavy atom. The third kappa shape index (κ3) is 3.73. The first-order valence-corrected chi connectivity index (χ1v) is 8.29. The predicted octanol–water partition coefficient (Wildman–Crippen LogP) is 2.01. The summed E-state index contributed by atoms with van der Waals surface area (Å²) in [6.07, 6.45) is 8.04. The fraction of sp³-hybridized carbons (Fsp3) is 0.938. The van der Waals surface area contributed by atoms with Gasteiger partial charge < -0.3 is 10.0 Å². The topological polar surface area (TPSA) is 43.8 Å². The Kier molecular flexibility index (Phi) is 5.85. The van der Waals surface area contributed by atoms with Gasteiger partial charge in [0.25, 0.3) is 0 Å². The number of aliphatic hydroxyl groups is 1. The summed E-state index contributed by atoms with van der Waals surface area (Å²) in [4.78, 5) is 17.0. The van der Waals surface area contributed by atoms with Gasteiger partial charge >= 0.3 is 0 Å². The van der Waals surface area contributed by atoms with Gasteiger partial charge in [-0.3, -0.25) is 9.69 Å². The second-order valence-corrected chi connectivity index (χ2v) is 6.59. The summed E-state index contributed by atoms with van der Waals surface area (Å²) in [6.45, 7) is 5.95. The van der Waals surface area contributed by atoms with Crippen molar-refractivity contribution in [2.75, 3.05) is 19.7 Å². The van der Waals surface area contributed by atoms with Gasteiger partial charge in [-0.25, -0.2) is 0 Å². The molecule has 3 unspecified atom stereocenters. The molecule has 4 nitrogen and oxygen atoms in total. The zero-order valence-electron chi connectivity index (χ0n) is 13.1. The number of amides is 1. The van der Waals surface area contributed by atoms with Crippen LogP contribution in [-0.4, -0.2) is 58.6 Å². The molecule has 2 fully saturated rings. The van der Waals surface area contributed by atoms with Crippen molar-refractivity contribution in [2.45, 2.75) is 76.9 Å². The SMILES string of the molecule is CC1CCCC(C)N1C(=O)CN1CCCCCC1CO. The van der Waals surface area contributed by atoms with Crippen LogP contribution in [0.4, 0.5) is 0 Å². The van der Waals surface area contributed by atoms with Crippen molar-refractivity contribution < 1.29 is 9.90 Å². The lowest BCUT2D eigenvalue weighted by Crippen LogP contribution is -2.52. The van der Waals surface area contributed by atoms with Gasteiger partial charge in [0.2, 0.25) is 5.91 Å². The van der Waals surface area contributed by atoms with E-state index in [1.807, 2.05) is 0 Å². The van der Waals surface area contributed by atoms with E-state index in [2.05, 4.69) is 23.6 Å².